The fraction of sp³-hybridized carbons (Fsp3) is 0.200. The maximum atomic E-state index is 3.55. The van der Waals surface area contributed by atoms with Crippen molar-refractivity contribution in [3.8, 4) is 0 Å². The average Bonchev–Trinajstić information content (AvgIpc) is 2.31. The quantitative estimate of drug-likeness (QED) is 0.645. The highest BCUT2D eigenvalue weighted by atomic mass is 79.9. The maximum absolute atomic E-state index is 3.55. The fourth-order valence-electron chi connectivity index (χ4n) is 1.50. The van der Waals surface area contributed by atoms with E-state index in [1.54, 1.807) is 11.3 Å². The van der Waals surface area contributed by atoms with Crippen LogP contribution in [0.25, 0.3) is 10.1 Å². The topological polar surface area (TPSA) is 0 Å². The van der Waals surface area contributed by atoms with Crippen LogP contribution in [0.4, 0.5) is 0 Å². The Labute approximate surface area is 84.4 Å². The molecule has 0 saturated heterocycles. The molecule has 12 heavy (non-hydrogen) atoms. The zero-order chi connectivity index (χ0) is 8.72. The van der Waals surface area contributed by atoms with E-state index in [0.717, 1.165) is 0 Å². The lowest BCUT2D eigenvalue weighted by molar-refractivity contribution is 1.44. The van der Waals surface area contributed by atoms with Gasteiger partial charge in [-0.25, -0.2) is 0 Å². The second kappa shape index (κ2) is 2.86. The van der Waals surface area contributed by atoms with Crippen LogP contribution in [0, 0.1) is 13.8 Å². The minimum absolute atomic E-state index is 1.22. The molecule has 0 unspecified atom stereocenters. The molecule has 0 radical (unpaired) electrons. The van der Waals surface area contributed by atoms with Crippen molar-refractivity contribution in [2.24, 2.45) is 0 Å². The van der Waals surface area contributed by atoms with E-state index in [4.69, 9.17) is 0 Å². The molecule has 0 atom stereocenters. The monoisotopic (exact) mass is 240 g/mol. The van der Waals surface area contributed by atoms with Crippen molar-refractivity contribution in [3.63, 3.8) is 0 Å². The first-order valence-electron chi connectivity index (χ1n) is 3.82. The summed E-state index contributed by atoms with van der Waals surface area (Å²) in [5, 5.41) is 3.52. The summed E-state index contributed by atoms with van der Waals surface area (Å²) in [7, 11) is 0. The zero-order valence-corrected chi connectivity index (χ0v) is 9.42. The van der Waals surface area contributed by atoms with Crippen molar-refractivity contribution in [3.05, 3.63) is 33.1 Å². The summed E-state index contributed by atoms with van der Waals surface area (Å²) in [6, 6.07) is 4.46. The highest BCUT2D eigenvalue weighted by molar-refractivity contribution is 9.10. The Morgan fingerprint density at radius 2 is 2.00 bits per heavy atom. The molecule has 0 aliphatic rings. The first-order valence-corrected chi connectivity index (χ1v) is 5.49. The van der Waals surface area contributed by atoms with Gasteiger partial charge in [0.2, 0.25) is 0 Å². The Bertz CT molecular complexity index is 429. The van der Waals surface area contributed by atoms with Gasteiger partial charge in [-0.1, -0.05) is 6.07 Å². The van der Waals surface area contributed by atoms with Crippen LogP contribution >= 0.6 is 27.3 Å². The second-order valence-electron chi connectivity index (χ2n) is 3.04. The van der Waals surface area contributed by atoms with Gasteiger partial charge >= 0.3 is 0 Å². The number of rotatable bonds is 0. The Balaban J connectivity index is 2.93. The van der Waals surface area contributed by atoms with Gasteiger partial charge in [0.25, 0.3) is 0 Å². The fourth-order valence-corrected chi connectivity index (χ4v) is 3.43. The molecule has 0 spiro atoms. The third-order valence-corrected chi connectivity index (χ3v) is 3.83. The Morgan fingerprint density at radius 3 is 2.75 bits per heavy atom. The summed E-state index contributed by atoms with van der Waals surface area (Å²) in [5.74, 6) is 0. The molecule has 1 aromatic carbocycles. The SMILES string of the molecule is Cc1cc(C)c2c(Br)csc2c1. The van der Waals surface area contributed by atoms with Crippen LogP contribution in [0.5, 0.6) is 0 Å². The summed E-state index contributed by atoms with van der Waals surface area (Å²) in [4.78, 5) is 0. The highest BCUT2D eigenvalue weighted by Crippen LogP contribution is 2.33. The van der Waals surface area contributed by atoms with Crippen LogP contribution in [0.2, 0.25) is 0 Å². The standard InChI is InChI=1S/C10H9BrS/c1-6-3-7(2)10-8(11)5-12-9(10)4-6/h3-5H,1-2H3. The number of hydrogen-bond acceptors (Lipinski definition) is 1. The minimum atomic E-state index is 1.22. The normalized spacial score (nSPS) is 10.9. The van der Waals surface area contributed by atoms with Crippen LogP contribution in [0.15, 0.2) is 22.0 Å². The number of benzene rings is 1. The molecule has 0 N–H and O–H groups in total. The molecule has 0 nitrogen and oxygen atoms in total. The van der Waals surface area contributed by atoms with Crippen molar-refractivity contribution in [1.29, 1.82) is 0 Å². The molecular formula is C10H9BrS. The van der Waals surface area contributed by atoms with Crippen LogP contribution in [-0.2, 0) is 0 Å². The van der Waals surface area contributed by atoms with E-state index >= 15 is 0 Å². The summed E-state index contributed by atoms with van der Waals surface area (Å²) in [5.41, 5.74) is 2.70. The molecule has 0 aliphatic carbocycles. The lowest BCUT2D eigenvalue weighted by Crippen LogP contribution is -1.76. The van der Waals surface area contributed by atoms with Crippen molar-refractivity contribution < 1.29 is 0 Å². The largest absolute Gasteiger partial charge is 0.143 e. The van der Waals surface area contributed by atoms with Gasteiger partial charge in [-0.2, -0.15) is 0 Å². The summed E-state index contributed by atoms with van der Waals surface area (Å²) in [6.07, 6.45) is 0. The second-order valence-corrected chi connectivity index (χ2v) is 4.80. The number of aryl methyl sites for hydroxylation is 2. The van der Waals surface area contributed by atoms with Gasteiger partial charge in [0.15, 0.2) is 0 Å². The van der Waals surface area contributed by atoms with E-state index in [1.807, 2.05) is 0 Å². The van der Waals surface area contributed by atoms with E-state index in [-0.39, 0.29) is 0 Å². The van der Waals surface area contributed by atoms with Crippen molar-refractivity contribution in [1.82, 2.24) is 0 Å². The Kier molecular flexibility index (Phi) is 1.97. The average molecular weight is 241 g/mol. The molecule has 62 valence electrons. The third-order valence-electron chi connectivity index (χ3n) is 1.97. The van der Waals surface area contributed by atoms with Gasteiger partial charge < -0.3 is 0 Å². The third kappa shape index (κ3) is 1.19. The summed E-state index contributed by atoms with van der Waals surface area (Å²) >= 11 is 5.35. The molecule has 1 aromatic heterocycles. The van der Waals surface area contributed by atoms with Crippen LogP contribution in [0.1, 0.15) is 11.1 Å². The first-order chi connectivity index (χ1) is 5.68. The van der Waals surface area contributed by atoms with Gasteiger partial charge in [-0.3, -0.25) is 0 Å². The molecule has 2 heteroatoms. The lowest BCUT2D eigenvalue weighted by atomic mass is 10.1. The molecule has 0 aliphatic heterocycles. The number of hydrogen-bond donors (Lipinski definition) is 0. The van der Waals surface area contributed by atoms with E-state index < -0.39 is 0 Å². The molecule has 2 aromatic rings. The van der Waals surface area contributed by atoms with Gasteiger partial charge in [0, 0.05) is 19.9 Å². The molecule has 0 bridgehead atoms. The van der Waals surface area contributed by atoms with Crippen LogP contribution in [-0.4, -0.2) is 0 Å². The lowest BCUT2D eigenvalue weighted by Gasteiger charge is -1.98. The van der Waals surface area contributed by atoms with E-state index in [0.29, 0.717) is 0 Å². The summed E-state index contributed by atoms with van der Waals surface area (Å²) < 4.78 is 2.60. The Morgan fingerprint density at radius 1 is 1.25 bits per heavy atom. The molecule has 0 fully saturated rings. The van der Waals surface area contributed by atoms with Gasteiger partial charge in [-0.05, 0) is 47.0 Å². The van der Waals surface area contributed by atoms with Crippen molar-refractivity contribution >= 4 is 37.4 Å². The predicted molar refractivity (Wildman–Crippen MR) is 59.0 cm³/mol. The summed E-state index contributed by atoms with van der Waals surface area (Å²) in [6.45, 7) is 4.30. The predicted octanol–water partition coefficient (Wildman–Crippen LogP) is 4.28. The van der Waals surface area contributed by atoms with Crippen LogP contribution in [0.3, 0.4) is 0 Å². The number of fused-ring (bicyclic) bond motifs is 1. The zero-order valence-electron chi connectivity index (χ0n) is 7.02. The first kappa shape index (κ1) is 8.27. The maximum Gasteiger partial charge on any atom is 0.0363 e. The van der Waals surface area contributed by atoms with Gasteiger partial charge in [0.1, 0.15) is 0 Å². The smallest absolute Gasteiger partial charge is 0.0363 e. The Hall–Kier alpha value is -0.340. The molecule has 2 rings (SSSR count). The van der Waals surface area contributed by atoms with Crippen molar-refractivity contribution in [2.45, 2.75) is 13.8 Å². The van der Waals surface area contributed by atoms with Gasteiger partial charge in [-0.15, -0.1) is 11.3 Å². The molecule has 0 saturated carbocycles. The van der Waals surface area contributed by atoms with Crippen molar-refractivity contribution in [2.75, 3.05) is 0 Å². The molecule has 0 amide bonds. The van der Waals surface area contributed by atoms with E-state index in [2.05, 4.69) is 47.3 Å². The number of halogens is 1. The minimum Gasteiger partial charge on any atom is -0.143 e. The molecular weight excluding hydrogens is 232 g/mol. The number of thiophene rings is 1. The highest BCUT2D eigenvalue weighted by Gasteiger charge is 2.04. The molecule has 1 heterocycles. The van der Waals surface area contributed by atoms with E-state index in [1.165, 1.54) is 25.7 Å². The van der Waals surface area contributed by atoms with E-state index in [9.17, 15) is 0 Å². The van der Waals surface area contributed by atoms with Crippen LogP contribution < -0.4 is 0 Å². The van der Waals surface area contributed by atoms with Gasteiger partial charge in [0.05, 0.1) is 0 Å².